The van der Waals surface area contributed by atoms with Crippen LogP contribution in [0.1, 0.15) is 29.8 Å². The highest BCUT2D eigenvalue weighted by atomic mass is 16.5. The second kappa shape index (κ2) is 5.72. The minimum atomic E-state index is -0.757. The summed E-state index contributed by atoms with van der Waals surface area (Å²) in [6.45, 7) is 0.382. The summed E-state index contributed by atoms with van der Waals surface area (Å²) < 4.78 is 4.68. The number of H-pyrrole nitrogens is 2. The number of methoxy groups -OCH3 is 1. The molecule has 2 N–H and O–H groups in total. The summed E-state index contributed by atoms with van der Waals surface area (Å²) in [5, 5.41) is 0. The molecule has 0 unspecified atom stereocenters. The fourth-order valence-electron chi connectivity index (χ4n) is 2.29. The van der Waals surface area contributed by atoms with E-state index in [1.807, 2.05) is 4.98 Å². The lowest BCUT2D eigenvalue weighted by molar-refractivity contribution is -0.147. The van der Waals surface area contributed by atoms with Gasteiger partial charge in [0.15, 0.2) is 0 Å². The van der Waals surface area contributed by atoms with Crippen LogP contribution >= 0.6 is 0 Å². The van der Waals surface area contributed by atoms with Gasteiger partial charge in [-0.3, -0.25) is 14.6 Å². The van der Waals surface area contributed by atoms with Gasteiger partial charge in [-0.1, -0.05) is 0 Å². The standard InChI is InChI=1S/C12H15N3O5/c1-20-11(18)8-4-2-3-5-15(8)10(17)7-6-9(16)14-12(19)13-7/h6,8H,2-5H2,1H3,(H2,13,14,16,19)/t8-/m1/s1. The smallest absolute Gasteiger partial charge is 0.328 e. The number of likely N-dealkylation sites (tertiary alicyclic amines) is 1. The van der Waals surface area contributed by atoms with E-state index >= 15 is 0 Å². The molecule has 0 bridgehead atoms. The Labute approximate surface area is 113 Å². The molecule has 2 rings (SSSR count). The van der Waals surface area contributed by atoms with Crippen molar-refractivity contribution in [2.24, 2.45) is 0 Å². The maximum Gasteiger partial charge on any atom is 0.328 e. The Morgan fingerprint density at radius 1 is 1.30 bits per heavy atom. The number of ether oxygens (including phenoxy) is 1. The first kappa shape index (κ1) is 14.0. The molecule has 0 saturated carbocycles. The minimum absolute atomic E-state index is 0.130. The molecule has 108 valence electrons. The molecule has 1 aromatic heterocycles. The first-order chi connectivity index (χ1) is 9.52. The Hall–Kier alpha value is -2.38. The van der Waals surface area contributed by atoms with E-state index in [-0.39, 0.29) is 5.69 Å². The van der Waals surface area contributed by atoms with Crippen LogP contribution in [0, 0.1) is 0 Å². The van der Waals surface area contributed by atoms with Crippen molar-refractivity contribution >= 4 is 11.9 Å². The maximum atomic E-state index is 12.3. The van der Waals surface area contributed by atoms with Gasteiger partial charge >= 0.3 is 11.7 Å². The number of nitrogens with zero attached hydrogens (tertiary/aromatic N) is 1. The Kier molecular flexibility index (Phi) is 4.02. The van der Waals surface area contributed by atoms with E-state index in [1.54, 1.807) is 0 Å². The zero-order valence-corrected chi connectivity index (χ0v) is 11.0. The largest absolute Gasteiger partial charge is 0.467 e. The van der Waals surface area contributed by atoms with Crippen LogP contribution in [0.4, 0.5) is 0 Å². The van der Waals surface area contributed by atoms with Crippen LogP contribution in [-0.4, -0.2) is 46.4 Å². The lowest BCUT2D eigenvalue weighted by atomic mass is 10.0. The van der Waals surface area contributed by atoms with Crippen LogP contribution in [-0.2, 0) is 9.53 Å². The molecular weight excluding hydrogens is 266 g/mol. The van der Waals surface area contributed by atoms with Crippen LogP contribution in [0.15, 0.2) is 15.7 Å². The normalized spacial score (nSPS) is 18.6. The average Bonchev–Trinajstić information content (AvgIpc) is 2.44. The summed E-state index contributed by atoms with van der Waals surface area (Å²) in [7, 11) is 1.26. The van der Waals surface area contributed by atoms with Gasteiger partial charge in [0.05, 0.1) is 7.11 Å². The van der Waals surface area contributed by atoms with Crippen molar-refractivity contribution in [3.8, 4) is 0 Å². The molecule has 1 amide bonds. The number of amides is 1. The van der Waals surface area contributed by atoms with E-state index in [2.05, 4.69) is 9.72 Å². The fraction of sp³-hybridized carbons (Fsp3) is 0.500. The summed E-state index contributed by atoms with van der Waals surface area (Å²) in [5.74, 6) is -1.05. The number of rotatable bonds is 2. The molecule has 0 spiro atoms. The summed E-state index contributed by atoms with van der Waals surface area (Å²) in [5.41, 5.74) is -1.55. The molecule has 1 saturated heterocycles. The van der Waals surface area contributed by atoms with Crippen molar-refractivity contribution in [3.05, 3.63) is 32.6 Å². The SMILES string of the molecule is COC(=O)[C@H]1CCCCN1C(=O)c1cc(=O)[nH]c(=O)[nH]1. The van der Waals surface area contributed by atoms with Gasteiger partial charge in [0.1, 0.15) is 11.7 Å². The highest BCUT2D eigenvalue weighted by Crippen LogP contribution is 2.19. The summed E-state index contributed by atoms with van der Waals surface area (Å²) in [6.07, 6.45) is 2.08. The monoisotopic (exact) mass is 281 g/mol. The molecule has 8 heteroatoms. The Morgan fingerprint density at radius 2 is 2.05 bits per heavy atom. The molecule has 0 aromatic carbocycles. The van der Waals surface area contributed by atoms with Crippen molar-refractivity contribution in [2.45, 2.75) is 25.3 Å². The summed E-state index contributed by atoms with van der Waals surface area (Å²) in [4.78, 5) is 52.0. The van der Waals surface area contributed by atoms with Crippen molar-refractivity contribution in [2.75, 3.05) is 13.7 Å². The van der Waals surface area contributed by atoms with Crippen LogP contribution in [0.3, 0.4) is 0 Å². The third-order valence-corrected chi connectivity index (χ3v) is 3.23. The van der Waals surface area contributed by atoms with Crippen LogP contribution in [0.5, 0.6) is 0 Å². The molecule has 1 fully saturated rings. The number of hydrogen-bond acceptors (Lipinski definition) is 5. The summed E-state index contributed by atoms with van der Waals surface area (Å²) >= 11 is 0. The van der Waals surface area contributed by atoms with Gasteiger partial charge in [0.2, 0.25) is 0 Å². The molecule has 1 aliphatic heterocycles. The number of nitrogens with one attached hydrogen (secondary N) is 2. The molecule has 0 radical (unpaired) electrons. The number of carbonyl (C=O) groups excluding carboxylic acids is 2. The Balaban J connectivity index is 2.32. The Bertz CT molecular complexity index is 604. The second-order valence-corrected chi connectivity index (χ2v) is 4.53. The number of piperidine rings is 1. The van der Waals surface area contributed by atoms with E-state index in [4.69, 9.17) is 0 Å². The zero-order chi connectivity index (χ0) is 14.7. The van der Waals surface area contributed by atoms with Crippen LogP contribution < -0.4 is 11.2 Å². The van der Waals surface area contributed by atoms with Gasteiger partial charge < -0.3 is 14.6 Å². The quantitative estimate of drug-likeness (QED) is 0.691. The van der Waals surface area contributed by atoms with E-state index in [0.29, 0.717) is 13.0 Å². The predicted molar refractivity (Wildman–Crippen MR) is 68.4 cm³/mol. The highest BCUT2D eigenvalue weighted by Gasteiger charge is 2.33. The molecular formula is C12H15N3O5. The highest BCUT2D eigenvalue weighted by molar-refractivity contribution is 5.95. The lowest BCUT2D eigenvalue weighted by Gasteiger charge is -2.33. The van der Waals surface area contributed by atoms with E-state index < -0.39 is 29.2 Å². The third kappa shape index (κ3) is 2.79. The zero-order valence-electron chi connectivity index (χ0n) is 11.0. The average molecular weight is 281 g/mol. The molecule has 20 heavy (non-hydrogen) atoms. The third-order valence-electron chi connectivity index (χ3n) is 3.23. The van der Waals surface area contributed by atoms with Gasteiger partial charge in [0, 0.05) is 12.6 Å². The molecule has 0 aliphatic carbocycles. The van der Waals surface area contributed by atoms with Gasteiger partial charge in [0.25, 0.3) is 11.5 Å². The topological polar surface area (TPSA) is 112 Å². The van der Waals surface area contributed by atoms with Crippen LogP contribution in [0.2, 0.25) is 0 Å². The molecule has 8 nitrogen and oxygen atoms in total. The summed E-state index contributed by atoms with van der Waals surface area (Å²) in [6, 6.07) is 0.330. The lowest BCUT2D eigenvalue weighted by Crippen LogP contribution is -2.49. The number of aromatic amines is 2. The van der Waals surface area contributed by atoms with Crippen molar-refractivity contribution in [3.63, 3.8) is 0 Å². The first-order valence-corrected chi connectivity index (χ1v) is 6.25. The minimum Gasteiger partial charge on any atom is -0.467 e. The van der Waals surface area contributed by atoms with Gasteiger partial charge in [-0.15, -0.1) is 0 Å². The van der Waals surface area contributed by atoms with Crippen molar-refractivity contribution in [1.82, 2.24) is 14.9 Å². The molecule has 1 atom stereocenters. The Morgan fingerprint density at radius 3 is 2.70 bits per heavy atom. The number of carbonyl (C=O) groups is 2. The van der Waals surface area contributed by atoms with Gasteiger partial charge in [-0.25, -0.2) is 9.59 Å². The second-order valence-electron chi connectivity index (χ2n) is 4.53. The molecule has 1 aliphatic rings. The van der Waals surface area contributed by atoms with Gasteiger partial charge in [-0.05, 0) is 19.3 Å². The number of aromatic nitrogens is 2. The van der Waals surface area contributed by atoms with E-state index in [0.717, 1.165) is 18.9 Å². The van der Waals surface area contributed by atoms with Crippen molar-refractivity contribution in [1.29, 1.82) is 0 Å². The molecule has 2 heterocycles. The maximum absolute atomic E-state index is 12.3. The van der Waals surface area contributed by atoms with Gasteiger partial charge in [-0.2, -0.15) is 0 Å². The molecule has 1 aromatic rings. The van der Waals surface area contributed by atoms with E-state index in [1.165, 1.54) is 12.0 Å². The van der Waals surface area contributed by atoms with Crippen molar-refractivity contribution < 1.29 is 14.3 Å². The first-order valence-electron chi connectivity index (χ1n) is 6.25. The number of hydrogen-bond donors (Lipinski definition) is 2. The van der Waals surface area contributed by atoms with Crippen LogP contribution in [0.25, 0.3) is 0 Å². The van der Waals surface area contributed by atoms with E-state index in [9.17, 15) is 19.2 Å². The number of esters is 1. The predicted octanol–water partition coefficient (Wildman–Crippen LogP) is -0.769. The fourth-order valence-corrected chi connectivity index (χ4v) is 2.29.